The van der Waals surface area contributed by atoms with Gasteiger partial charge in [-0.25, -0.2) is 0 Å². The number of nitrogens with one attached hydrogen (secondary N) is 1. The maximum Gasteiger partial charge on any atom is 0.259 e. The standard InChI is InChI=1S/C16H16ClNO2/c1-9-6-10(2)15(11(3)7-9)18-16(20)13-5-4-12(17)8-14(13)19/h4-8,19H,1-3H3,(H,18,20). The lowest BCUT2D eigenvalue weighted by atomic mass is 10.0. The number of anilines is 1. The molecule has 2 rings (SSSR count). The summed E-state index contributed by atoms with van der Waals surface area (Å²) in [6.07, 6.45) is 0. The minimum Gasteiger partial charge on any atom is -0.507 e. The van der Waals surface area contributed by atoms with Crippen LogP contribution in [0.4, 0.5) is 5.69 Å². The van der Waals surface area contributed by atoms with Gasteiger partial charge in [0.2, 0.25) is 0 Å². The van der Waals surface area contributed by atoms with Gasteiger partial charge in [0.1, 0.15) is 5.75 Å². The van der Waals surface area contributed by atoms with Gasteiger partial charge in [0, 0.05) is 10.7 Å². The zero-order valence-electron chi connectivity index (χ0n) is 11.6. The first-order chi connectivity index (χ1) is 9.38. The van der Waals surface area contributed by atoms with Crippen LogP contribution < -0.4 is 5.32 Å². The van der Waals surface area contributed by atoms with Gasteiger partial charge in [-0.15, -0.1) is 0 Å². The van der Waals surface area contributed by atoms with E-state index in [-0.39, 0.29) is 17.2 Å². The Bertz CT molecular complexity index is 657. The number of aryl methyl sites for hydroxylation is 3. The van der Waals surface area contributed by atoms with Crippen molar-refractivity contribution >= 4 is 23.2 Å². The first-order valence-corrected chi connectivity index (χ1v) is 6.64. The summed E-state index contributed by atoms with van der Waals surface area (Å²) in [5.74, 6) is -0.480. The maximum atomic E-state index is 12.2. The van der Waals surface area contributed by atoms with Crippen LogP contribution in [0.5, 0.6) is 5.75 Å². The fourth-order valence-corrected chi connectivity index (χ4v) is 2.42. The molecule has 104 valence electrons. The number of phenolic OH excluding ortho intramolecular Hbond substituents is 1. The van der Waals surface area contributed by atoms with Crippen LogP contribution in [-0.2, 0) is 0 Å². The fraction of sp³-hybridized carbons (Fsp3) is 0.188. The third-order valence-electron chi connectivity index (χ3n) is 3.12. The van der Waals surface area contributed by atoms with E-state index < -0.39 is 0 Å². The molecular weight excluding hydrogens is 274 g/mol. The molecule has 0 radical (unpaired) electrons. The second-order valence-electron chi connectivity index (χ2n) is 4.89. The number of benzene rings is 2. The summed E-state index contributed by atoms with van der Waals surface area (Å²) >= 11 is 5.76. The summed E-state index contributed by atoms with van der Waals surface area (Å²) in [6.45, 7) is 5.89. The second-order valence-corrected chi connectivity index (χ2v) is 5.33. The van der Waals surface area contributed by atoms with E-state index in [0.29, 0.717) is 5.02 Å². The van der Waals surface area contributed by atoms with E-state index in [2.05, 4.69) is 5.32 Å². The van der Waals surface area contributed by atoms with Gasteiger partial charge in [0.25, 0.3) is 5.91 Å². The summed E-state index contributed by atoms with van der Waals surface area (Å²) < 4.78 is 0. The van der Waals surface area contributed by atoms with Crippen molar-refractivity contribution in [3.63, 3.8) is 0 Å². The number of carbonyl (C=O) groups excluding carboxylic acids is 1. The molecule has 0 saturated carbocycles. The van der Waals surface area contributed by atoms with Crippen molar-refractivity contribution in [2.24, 2.45) is 0 Å². The molecule has 0 unspecified atom stereocenters. The van der Waals surface area contributed by atoms with E-state index in [1.807, 2.05) is 32.9 Å². The Kier molecular flexibility index (Phi) is 4.00. The average Bonchev–Trinajstić information content (AvgIpc) is 2.33. The number of aromatic hydroxyl groups is 1. The molecule has 0 aliphatic carbocycles. The van der Waals surface area contributed by atoms with Crippen LogP contribution in [0.2, 0.25) is 5.02 Å². The quantitative estimate of drug-likeness (QED) is 0.869. The van der Waals surface area contributed by atoms with Crippen LogP contribution in [0.1, 0.15) is 27.0 Å². The van der Waals surface area contributed by atoms with E-state index in [9.17, 15) is 9.90 Å². The molecule has 2 aromatic rings. The number of amides is 1. The summed E-state index contributed by atoms with van der Waals surface area (Å²) in [5.41, 5.74) is 4.10. The molecule has 0 bridgehead atoms. The van der Waals surface area contributed by atoms with E-state index in [1.54, 1.807) is 6.07 Å². The molecule has 0 aliphatic heterocycles. The van der Waals surface area contributed by atoms with Gasteiger partial charge >= 0.3 is 0 Å². The summed E-state index contributed by atoms with van der Waals surface area (Å²) in [7, 11) is 0. The molecule has 3 nitrogen and oxygen atoms in total. The maximum absolute atomic E-state index is 12.2. The highest BCUT2D eigenvalue weighted by molar-refractivity contribution is 6.31. The number of hydrogen-bond donors (Lipinski definition) is 2. The zero-order chi connectivity index (χ0) is 14.9. The Morgan fingerprint density at radius 1 is 1.10 bits per heavy atom. The molecule has 1 amide bonds. The monoisotopic (exact) mass is 289 g/mol. The zero-order valence-corrected chi connectivity index (χ0v) is 12.4. The first kappa shape index (κ1) is 14.4. The number of rotatable bonds is 2. The van der Waals surface area contributed by atoms with Gasteiger partial charge in [-0.2, -0.15) is 0 Å². The molecule has 20 heavy (non-hydrogen) atoms. The Labute approximate surface area is 123 Å². The molecule has 0 saturated heterocycles. The number of phenols is 1. The molecule has 0 atom stereocenters. The lowest BCUT2D eigenvalue weighted by Crippen LogP contribution is -2.14. The van der Waals surface area contributed by atoms with Crippen molar-refractivity contribution in [2.75, 3.05) is 5.32 Å². The molecule has 0 spiro atoms. The van der Waals surface area contributed by atoms with Crippen LogP contribution in [0.25, 0.3) is 0 Å². The molecular formula is C16H16ClNO2. The highest BCUT2D eigenvalue weighted by Gasteiger charge is 2.14. The third kappa shape index (κ3) is 2.94. The Morgan fingerprint density at radius 3 is 2.25 bits per heavy atom. The SMILES string of the molecule is Cc1cc(C)c(NC(=O)c2ccc(Cl)cc2O)c(C)c1. The van der Waals surface area contributed by atoms with Gasteiger partial charge in [-0.3, -0.25) is 4.79 Å². The topological polar surface area (TPSA) is 49.3 Å². The first-order valence-electron chi connectivity index (χ1n) is 6.26. The van der Waals surface area contributed by atoms with Crippen LogP contribution in [0.15, 0.2) is 30.3 Å². The summed E-state index contributed by atoms with van der Waals surface area (Å²) in [4.78, 5) is 12.2. The average molecular weight is 290 g/mol. The summed E-state index contributed by atoms with van der Waals surface area (Å²) in [6, 6.07) is 8.44. The van der Waals surface area contributed by atoms with Gasteiger partial charge in [0.05, 0.1) is 5.56 Å². The lowest BCUT2D eigenvalue weighted by Gasteiger charge is -2.13. The minimum absolute atomic E-state index is 0.127. The smallest absolute Gasteiger partial charge is 0.259 e. The fourth-order valence-electron chi connectivity index (χ4n) is 2.25. The van der Waals surface area contributed by atoms with Gasteiger partial charge in [-0.05, 0) is 50.1 Å². The molecule has 2 aromatic carbocycles. The number of halogens is 1. The minimum atomic E-state index is -0.353. The van der Waals surface area contributed by atoms with Crippen molar-refractivity contribution in [3.05, 3.63) is 57.6 Å². The predicted molar refractivity (Wildman–Crippen MR) is 81.7 cm³/mol. The van der Waals surface area contributed by atoms with E-state index in [0.717, 1.165) is 22.4 Å². The molecule has 0 aromatic heterocycles. The highest BCUT2D eigenvalue weighted by Crippen LogP contribution is 2.26. The number of hydrogen-bond acceptors (Lipinski definition) is 2. The highest BCUT2D eigenvalue weighted by atomic mass is 35.5. The largest absolute Gasteiger partial charge is 0.507 e. The van der Waals surface area contributed by atoms with E-state index in [1.165, 1.54) is 12.1 Å². The molecule has 0 fully saturated rings. The lowest BCUT2D eigenvalue weighted by molar-refractivity contribution is 0.102. The van der Waals surface area contributed by atoms with Gasteiger partial charge in [-0.1, -0.05) is 29.3 Å². The van der Waals surface area contributed by atoms with Crippen molar-refractivity contribution < 1.29 is 9.90 Å². The Hall–Kier alpha value is -2.00. The Balaban J connectivity index is 2.33. The van der Waals surface area contributed by atoms with Crippen LogP contribution in [0, 0.1) is 20.8 Å². The molecule has 0 aliphatic rings. The third-order valence-corrected chi connectivity index (χ3v) is 3.36. The number of carbonyl (C=O) groups is 1. The molecule has 4 heteroatoms. The summed E-state index contributed by atoms with van der Waals surface area (Å²) in [5, 5.41) is 13.0. The van der Waals surface area contributed by atoms with Crippen molar-refractivity contribution in [1.29, 1.82) is 0 Å². The molecule has 2 N–H and O–H groups in total. The predicted octanol–water partition coefficient (Wildman–Crippen LogP) is 4.22. The Morgan fingerprint density at radius 2 is 1.70 bits per heavy atom. The van der Waals surface area contributed by atoms with Crippen molar-refractivity contribution in [2.45, 2.75) is 20.8 Å². The van der Waals surface area contributed by atoms with Crippen molar-refractivity contribution in [3.8, 4) is 5.75 Å². The van der Waals surface area contributed by atoms with Crippen LogP contribution in [-0.4, -0.2) is 11.0 Å². The normalized spacial score (nSPS) is 10.4. The van der Waals surface area contributed by atoms with Crippen LogP contribution in [0.3, 0.4) is 0 Å². The van der Waals surface area contributed by atoms with Crippen molar-refractivity contribution in [1.82, 2.24) is 0 Å². The molecule has 0 heterocycles. The van der Waals surface area contributed by atoms with E-state index >= 15 is 0 Å². The second kappa shape index (κ2) is 5.55. The van der Waals surface area contributed by atoms with Gasteiger partial charge in [0.15, 0.2) is 0 Å². The van der Waals surface area contributed by atoms with Gasteiger partial charge < -0.3 is 10.4 Å². The van der Waals surface area contributed by atoms with E-state index in [4.69, 9.17) is 11.6 Å². The van der Waals surface area contributed by atoms with Crippen LogP contribution >= 0.6 is 11.6 Å².